The van der Waals surface area contributed by atoms with Gasteiger partial charge in [0.15, 0.2) is 0 Å². The SMILES string of the molecule is O=C(CCCOc1cccc2ccccc12)N1CCOc2ccccc21. The highest BCUT2D eigenvalue weighted by Crippen LogP contribution is 2.31. The molecule has 4 rings (SSSR count). The lowest BCUT2D eigenvalue weighted by Crippen LogP contribution is -2.37. The van der Waals surface area contributed by atoms with Crippen LogP contribution in [0.4, 0.5) is 5.69 Å². The lowest BCUT2D eigenvalue weighted by molar-refractivity contribution is -0.119. The molecule has 4 heteroatoms. The number of rotatable bonds is 5. The fourth-order valence-electron chi connectivity index (χ4n) is 3.29. The topological polar surface area (TPSA) is 38.8 Å². The monoisotopic (exact) mass is 347 g/mol. The first-order valence-corrected chi connectivity index (χ1v) is 8.96. The average molecular weight is 347 g/mol. The third-order valence-corrected chi connectivity index (χ3v) is 4.57. The van der Waals surface area contributed by atoms with Gasteiger partial charge < -0.3 is 14.4 Å². The van der Waals surface area contributed by atoms with Crippen LogP contribution in [0.2, 0.25) is 0 Å². The molecule has 0 aromatic heterocycles. The van der Waals surface area contributed by atoms with Gasteiger partial charge in [-0.05, 0) is 30.0 Å². The summed E-state index contributed by atoms with van der Waals surface area (Å²) in [6.07, 6.45) is 1.14. The highest BCUT2D eigenvalue weighted by molar-refractivity contribution is 5.95. The highest BCUT2D eigenvalue weighted by Gasteiger charge is 2.22. The molecule has 0 atom stereocenters. The van der Waals surface area contributed by atoms with Crippen LogP contribution in [0.3, 0.4) is 0 Å². The van der Waals surface area contributed by atoms with Crippen molar-refractivity contribution >= 4 is 22.4 Å². The molecule has 3 aromatic carbocycles. The minimum Gasteiger partial charge on any atom is -0.493 e. The van der Waals surface area contributed by atoms with Crippen molar-refractivity contribution in [2.24, 2.45) is 0 Å². The van der Waals surface area contributed by atoms with E-state index in [9.17, 15) is 4.79 Å². The molecule has 0 saturated carbocycles. The van der Waals surface area contributed by atoms with E-state index in [0.717, 1.165) is 28.0 Å². The molecular formula is C22H21NO3. The normalized spacial score (nSPS) is 13.2. The molecule has 0 bridgehead atoms. The summed E-state index contributed by atoms with van der Waals surface area (Å²) in [6.45, 7) is 1.65. The number of para-hydroxylation sites is 2. The Morgan fingerprint density at radius 3 is 2.77 bits per heavy atom. The third-order valence-electron chi connectivity index (χ3n) is 4.57. The van der Waals surface area contributed by atoms with Crippen LogP contribution in [0.1, 0.15) is 12.8 Å². The second-order valence-corrected chi connectivity index (χ2v) is 6.29. The molecule has 1 amide bonds. The summed E-state index contributed by atoms with van der Waals surface area (Å²) in [5.74, 6) is 1.76. The molecule has 0 aliphatic carbocycles. The van der Waals surface area contributed by atoms with Crippen molar-refractivity contribution in [1.29, 1.82) is 0 Å². The van der Waals surface area contributed by atoms with Gasteiger partial charge in [0.05, 0.1) is 18.8 Å². The second kappa shape index (κ2) is 7.48. The van der Waals surface area contributed by atoms with Gasteiger partial charge in [0.2, 0.25) is 5.91 Å². The maximum absolute atomic E-state index is 12.6. The van der Waals surface area contributed by atoms with Crippen LogP contribution in [0.15, 0.2) is 66.7 Å². The van der Waals surface area contributed by atoms with Crippen molar-refractivity contribution in [1.82, 2.24) is 0 Å². The predicted molar refractivity (Wildman–Crippen MR) is 103 cm³/mol. The Hall–Kier alpha value is -3.01. The number of anilines is 1. The zero-order valence-electron chi connectivity index (χ0n) is 14.6. The average Bonchev–Trinajstić information content (AvgIpc) is 2.70. The maximum atomic E-state index is 12.6. The Morgan fingerprint density at radius 1 is 1.00 bits per heavy atom. The number of amides is 1. The molecule has 0 saturated heterocycles. The van der Waals surface area contributed by atoms with Crippen LogP contribution in [0.25, 0.3) is 10.8 Å². The molecule has 26 heavy (non-hydrogen) atoms. The van der Waals surface area contributed by atoms with E-state index in [4.69, 9.17) is 9.47 Å². The van der Waals surface area contributed by atoms with Gasteiger partial charge in [-0.1, -0.05) is 48.5 Å². The Balaban J connectivity index is 1.35. The molecule has 3 aromatic rings. The molecule has 1 aliphatic rings. The van der Waals surface area contributed by atoms with Gasteiger partial charge in [-0.2, -0.15) is 0 Å². The van der Waals surface area contributed by atoms with Crippen molar-refractivity contribution in [3.05, 3.63) is 66.7 Å². The van der Waals surface area contributed by atoms with Gasteiger partial charge >= 0.3 is 0 Å². The van der Waals surface area contributed by atoms with E-state index in [1.165, 1.54) is 0 Å². The van der Waals surface area contributed by atoms with Crippen LogP contribution in [-0.4, -0.2) is 25.7 Å². The second-order valence-electron chi connectivity index (χ2n) is 6.29. The number of nitrogens with zero attached hydrogens (tertiary/aromatic N) is 1. The molecular weight excluding hydrogens is 326 g/mol. The maximum Gasteiger partial charge on any atom is 0.227 e. The van der Waals surface area contributed by atoms with Crippen LogP contribution < -0.4 is 14.4 Å². The molecule has 1 aliphatic heterocycles. The summed E-state index contributed by atoms with van der Waals surface area (Å²) in [5.41, 5.74) is 0.860. The first-order valence-electron chi connectivity index (χ1n) is 8.96. The third kappa shape index (κ3) is 3.36. The number of fused-ring (bicyclic) bond motifs is 2. The zero-order chi connectivity index (χ0) is 17.8. The smallest absolute Gasteiger partial charge is 0.227 e. The number of carbonyl (C=O) groups excluding carboxylic acids is 1. The molecule has 0 spiro atoms. The van der Waals surface area contributed by atoms with Crippen LogP contribution in [0, 0.1) is 0 Å². The number of hydrogen-bond donors (Lipinski definition) is 0. The molecule has 1 heterocycles. The van der Waals surface area contributed by atoms with Crippen LogP contribution in [-0.2, 0) is 4.79 Å². The van der Waals surface area contributed by atoms with E-state index < -0.39 is 0 Å². The largest absolute Gasteiger partial charge is 0.493 e. The van der Waals surface area contributed by atoms with E-state index in [1.54, 1.807) is 0 Å². The minimum absolute atomic E-state index is 0.113. The predicted octanol–water partition coefficient (Wildman–Crippen LogP) is 4.42. The van der Waals surface area contributed by atoms with Crippen molar-refractivity contribution in [3.63, 3.8) is 0 Å². The Morgan fingerprint density at radius 2 is 1.81 bits per heavy atom. The summed E-state index contributed by atoms with van der Waals surface area (Å²) in [7, 11) is 0. The van der Waals surface area contributed by atoms with E-state index in [-0.39, 0.29) is 5.91 Å². The summed E-state index contributed by atoms with van der Waals surface area (Å²) in [4.78, 5) is 14.4. The fourth-order valence-corrected chi connectivity index (χ4v) is 3.29. The van der Waals surface area contributed by atoms with Gasteiger partial charge in [0.25, 0.3) is 0 Å². The quantitative estimate of drug-likeness (QED) is 0.641. The molecule has 132 valence electrons. The Bertz CT molecular complexity index is 917. The van der Waals surface area contributed by atoms with E-state index in [0.29, 0.717) is 32.6 Å². The lowest BCUT2D eigenvalue weighted by Gasteiger charge is -2.29. The first-order chi connectivity index (χ1) is 12.8. The number of benzene rings is 3. The Labute approximate surface area is 153 Å². The molecule has 0 N–H and O–H groups in total. The zero-order valence-corrected chi connectivity index (χ0v) is 14.6. The summed E-state index contributed by atoms with van der Waals surface area (Å²) in [5, 5.41) is 2.26. The van der Waals surface area contributed by atoms with Crippen LogP contribution >= 0.6 is 0 Å². The molecule has 4 nitrogen and oxygen atoms in total. The lowest BCUT2D eigenvalue weighted by atomic mass is 10.1. The van der Waals surface area contributed by atoms with Crippen molar-refractivity contribution < 1.29 is 14.3 Å². The number of hydrogen-bond acceptors (Lipinski definition) is 3. The standard InChI is InChI=1S/C22H21NO3/c24-22(23-14-16-26-21-11-4-3-10-19(21)23)13-6-15-25-20-12-5-8-17-7-1-2-9-18(17)20/h1-5,7-12H,6,13-16H2. The molecule has 0 radical (unpaired) electrons. The van der Waals surface area contributed by atoms with Crippen LogP contribution in [0.5, 0.6) is 11.5 Å². The summed E-state index contributed by atoms with van der Waals surface area (Å²) >= 11 is 0. The highest BCUT2D eigenvalue weighted by atomic mass is 16.5. The number of ether oxygens (including phenoxy) is 2. The van der Waals surface area contributed by atoms with E-state index in [2.05, 4.69) is 18.2 Å². The van der Waals surface area contributed by atoms with Gasteiger partial charge in [-0.3, -0.25) is 4.79 Å². The first kappa shape index (κ1) is 16.5. The summed E-state index contributed by atoms with van der Waals surface area (Å²) in [6, 6.07) is 21.9. The van der Waals surface area contributed by atoms with Crippen molar-refractivity contribution in [2.75, 3.05) is 24.7 Å². The van der Waals surface area contributed by atoms with E-state index >= 15 is 0 Å². The molecule has 0 unspecified atom stereocenters. The van der Waals surface area contributed by atoms with Gasteiger partial charge in [0.1, 0.15) is 18.1 Å². The van der Waals surface area contributed by atoms with Gasteiger partial charge in [0, 0.05) is 11.8 Å². The minimum atomic E-state index is 0.113. The summed E-state index contributed by atoms with van der Waals surface area (Å²) < 4.78 is 11.5. The Kier molecular flexibility index (Phi) is 4.73. The number of carbonyl (C=O) groups is 1. The van der Waals surface area contributed by atoms with Gasteiger partial charge in [-0.15, -0.1) is 0 Å². The fraction of sp³-hybridized carbons (Fsp3) is 0.227. The van der Waals surface area contributed by atoms with Crippen molar-refractivity contribution in [3.8, 4) is 11.5 Å². The van der Waals surface area contributed by atoms with Gasteiger partial charge in [-0.25, -0.2) is 0 Å². The van der Waals surface area contributed by atoms with Crippen molar-refractivity contribution in [2.45, 2.75) is 12.8 Å². The van der Waals surface area contributed by atoms with E-state index in [1.807, 2.05) is 53.4 Å². The molecule has 0 fully saturated rings.